The number of aryl methyl sites for hydroxylation is 1. The molecule has 24 heavy (non-hydrogen) atoms. The van der Waals surface area contributed by atoms with Gasteiger partial charge in [0, 0.05) is 6.42 Å². The van der Waals surface area contributed by atoms with Gasteiger partial charge in [-0.15, -0.1) is 0 Å². The highest BCUT2D eigenvalue weighted by atomic mass is 35.5. The van der Waals surface area contributed by atoms with Crippen LogP contribution in [0.5, 0.6) is 5.75 Å². The predicted octanol–water partition coefficient (Wildman–Crippen LogP) is 3.49. The van der Waals surface area contributed by atoms with Gasteiger partial charge >= 0.3 is 12.1 Å². The summed E-state index contributed by atoms with van der Waals surface area (Å²) in [5.74, 6) is -0.598. The predicted molar refractivity (Wildman–Crippen MR) is 89.6 cm³/mol. The normalized spacial score (nSPS) is 20.8. The fourth-order valence-corrected chi connectivity index (χ4v) is 2.68. The minimum absolute atomic E-state index is 0.135. The smallest absolute Gasteiger partial charge is 0.411 e. The summed E-state index contributed by atoms with van der Waals surface area (Å²) in [4.78, 5) is 24.9. The number of benzene rings is 1. The summed E-state index contributed by atoms with van der Waals surface area (Å²) in [6, 6.07) is 4.39. The van der Waals surface area contributed by atoms with Crippen molar-refractivity contribution in [3.05, 3.63) is 28.8 Å². The van der Waals surface area contributed by atoms with E-state index < -0.39 is 29.8 Å². The SMILES string of the molecule is Cc1ccc(Cl)c(O[C@H]2C[C@@H](C(=O)O)N(C(=O)OC(C)(C)C)C2)c1. The molecular weight excluding hydrogens is 334 g/mol. The van der Waals surface area contributed by atoms with Gasteiger partial charge < -0.3 is 14.6 Å². The van der Waals surface area contributed by atoms with Crippen LogP contribution in [0, 0.1) is 6.92 Å². The Bertz CT molecular complexity index is 640. The number of carboxylic acids is 1. The van der Waals surface area contributed by atoms with E-state index in [1.807, 2.05) is 13.0 Å². The highest BCUT2D eigenvalue weighted by Gasteiger charge is 2.42. The van der Waals surface area contributed by atoms with E-state index in [1.165, 1.54) is 4.90 Å². The molecule has 1 amide bonds. The zero-order chi connectivity index (χ0) is 18.1. The van der Waals surface area contributed by atoms with Crippen molar-refractivity contribution in [2.75, 3.05) is 6.54 Å². The number of carboxylic acid groups (broad SMARTS) is 1. The largest absolute Gasteiger partial charge is 0.487 e. The summed E-state index contributed by atoms with van der Waals surface area (Å²) in [5, 5.41) is 9.83. The van der Waals surface area contributed by atoms with Crippen LogP contribution in [-0.2, 0) is 9.53 Å². The van der Waals surface area contributed by atoms with E-state index in [1.54, 1.807) is 32.9 Å². The van der Waals surface area contributed by atoms with Gasteiger partial charge in [-0.25, -0.2) is 9.59 Å². The van der Waals surface area contributed by atoms with Crippen LogP contribution < -0.4 is 4.74 Å². The molecule has 0 aromatic heterocycles. The van der Waals surface area contributed by atoms with Crippen molar-refractivity contribution < 1.29 is 24.2 Å². The topological polar surface area (TPSA) is 76.1 Å². The molecule has 1 N–H and O–H groups in total. The molecule has 2 atom stereocenters. The molecule has 2 rings (SSSR count). The number of rotatable bonds is 3. The van der Waals surface area contributed by atoms with Crippen molar-refractivity contribution in [2.45, 2.75) is 51.9 Å². The molecule has 1 fully saturated rings. The summed E-state index contributed by atoms with van der Waals surface area (Å²) in [7, 11) is 0. The molecule has 0 spiro atoms. The maximum Gasteiger partial charge on any atom is 0.411 e. The molecule has 1 aliphatic heterocycles. The first-order chi connectivity index (χ1) is 11.1. The van der Waals surface area contributed by atoms with Gasteiger partial charge in [0.05, 0.1) is 11.6 Å². The lowest BCUT2D eigenvalue weighted by atomic mass is 10.2. The Balaban J connectivity index is 2.13. The van der Waals surface area contributed by atoms with Gasteiger partial charge in [-0.2, -0.15) is 0 Å². The lowest BCUT2D eigenvalue weighted by molar-refractivity contribution is -0.142. The van der Waals surface area contributed by atoms with E-state index in [2.05, 4.69) is 0 Å². The lowest BCUT2D eigenvalue weighted by Crippen LogP contribution is -2.43. The number of likely N-dealkylation sites (tertiary alicyclic amines) is 1. The van der Waals surface area contributed by atoms with Crippen LogP contribution in [0.15, 0.2) is 18.2 Å². The molecule has 132 valence electrons. The van der Waals surface area contributed by atoms with Gasteiger partial charge in [-0.05, 0) is 45.4 Å². The van der Waals surface area contributed by atoms with E-state index in [0.29, 0.717) is 10.8 Å². The third kappa shape index (κ3) is 4.54. The Morgan fingerprint density at radius 3 is 2.58 bits per heavy atom. The first-order valence-electron chi connectivity index (χ1n) is 7.72. The standard InChI is InChI=1S/C17H22ClNO5/c1-10-5-6-12(18)14(7-10)23-11-8-13(15(20)21)19(9-11)16(22)24-17(2,3)4/h5-7,11,13H,8-9H2,1-4H3,(H,20,21)/t11-,13-/m0/s1. The van der Waals surface area contributed by atoms with Crippen molar-refractivity contribution in [3.63, 3.8) is 0 Å². The highest BCUT2D eigenvalue weighted by molar-refractivity contribution is 6.32. The Morgan fingerprint density at radius 1 is 1.33 bits per heavy atom. The van der Waals surface area contributed by atoms with Gasteiger partial charge in [-0.3, -0.25) is 4.90 Å². The monoisotopic (exact) mass is 355 g/mol. The maximum atomic E-state index is 12.3. The van der Waals surface area contributed by atoms with Gasteiger partial charge in [0.15, 0.2) is 0 Å². The van der Waals surface area contributed by atoms with Crippen LogP contribution in [0.1, 0.15) is 32.8 Å². The summed E-state index contributed by atoms with van der Waals surface area (Å²) in [6.45, 7) is 7.24. The first kappa shape index (κ1) is 18.4. The van der Waals surface area contributed by atoms with E-state index in [4.69, 9.17) is 21.1 Å². The number of carbonyl (C=O) groups is 2. The van der Waals surface area contributed by atoms with Crippen molar-refractivity contribution in [3.8, 4) is 5.75 Å². The third-order valence-corrected chi connectivity index (χ3v) is 3.87. The molecule has 0 saturated carbocycles. The lowest BCUT2D eigenvalue weighted by Gasteiger charge is -2.26. The fraction of sp³-hybridized carbons (Fsp3) is 0.529. The van der Waals surface area contributed by atoms with Gasteiger partial charge in [-0.1, -0.05) is 17.7 Å². The number of hydrogen-bond donors (Lipinski definition) is 1. The molecule has 0 aliphatic carbocycles. The van der Waals surface area contributed by atoms with E-state index in [0.717, 1.165) is 5.56 Å². The Kier molecular flexibility index (Phi) is 5.28. The number of amides is 1. The fourth-order valence-electron chi connectivity index (χ4n) is 2.52. The van der Waals surface area contributed by atoms with Crippen LogP contribution in [0.25, 0.3) is 0 Å². The van der Waals surface area contributed by atoms with Crippen molar-refractivity contribution in [2.24, 2.45) is 0 Å². The molecule has 0 radical (unpaired) electrons. The Hall–Kier alpha value is -1.95. The maximum absolute atomic E-state index is 12.3. The van der Waals surface area contributed by atoms with Crippen LogP contribution in [0.4, 0.5) is 4.79 Å². The van der Waals surface area contributed by atoms with Crippen LogP contribution in [0.3, 0.4) is 0 Å². The summed E-state index contributed by atoms with van der Waals surface area (Å²) in [6.07, 6.45) is -0.937. The van der Waals surface area contributed by atoms with E-state index in [9.17, 15) is 14.7 Å². The number of hydrogen-bond acceptors (Lipinski definition) is 4. The number of nitrogens with zero attached hydrogens (tertiary/aromatic N) is 1. The highest BCUT2D eigenvalue weighted by Crippen LogP contribution is 2.30. The summed E-state index contributed by atoms with van der Waals surface area (Å²) in [5.41, 5.74) is 0.282. The van der Waals surface area contributed by atoms with E-state index in [-0.39, 0.29) is 13.0 Å². The number of halogens is 1. The Labute approximate surface area is 146 Å². The number of carbonyl (C=O) groups excluding carboxylic acids is 1. The van der Waals surface area contributed by atoms with Gasteiger partial charge in [0.2, 0.25) is 0 Å². The molecule has 1 heterocycles. The van der Waals surface area contributed by atoms with Crippen molar-refractivity contribution in [1.82, 2.24) is 4.90 Å². The summed E-state index contributed by atoms with van der Waals surface area (Å²) < 4.78 is 11.1. The van der Waals surface area contributed by atoms with Gasteiger partial charge in [0.25, 0.3) is 0 Å². The minimum atomic E-state index is -1.08. The molecule has 1 aliphatic rings. The average Bonchev–Trinajstić information content (AvgIpc) is 2.85. The molecule has 1 aromatic rings. The quantitative estimate of drug-likeness (QED) is 0.898. The van der Waals surface area contributed by atoms with Gasteiger partial charge in [0.1, 0.15) is 23.5 Å². The second kappa shape index (κ2) is 6.89. The zero-order valence-corrected chi connectivity index (χ0v) is 15.0. The molecule has 0 unspecified atom stereocenters. The number of ether oxygens (including phenoxy) is 2. The first-order valence-corrected chi connectivity index (χ1v) is 8.10. The van der Waals surface area contributed by atoms with Crippen LogP contribution >= 0.6 is 11.6 Å². The molecular formula is C17H22ClNO5. The van der Waals surface area contributed by atoms with Crippen molar-refractivity contribution >= 4 is 23.7 Å². The zero-order valence-electron chi connectivity index (χ0n) is 14.2. The molecule has 0 bridgehead atoms. The van der Waals surface area contributed by atoms with Crippen LogP contribution in [-0.4, -0.2) is 46.4 Å². The second-order valence-corrected chi connectivity index (χ2v) is 7.30. The second-order valence-electron chi connectivity index (χ2n) is 6.90. The summed E-state index contributed by atoms with van der Waals surface area (Å²) >= 11 is 6.11. The Morgan fingerprint density at radius 2 is 2.00 bits per heavy atom. The third-order valence-electron chi connectivity index (χ3n) is 3.56. The number of aliphatic carboxylic acids is 1. The minimum Gasteiger partial charge on any atom is -0.487 e. The van der Waals surface area contributed by atoms with E-state index >= 15 is 0 Å². The molecule has 1 aromatic carbocycles. The molecule has 1 saturated heterocycles. The van der Waals surface area contributed by atoms with Crippen molar-refractivity contribution in [1.29, 1.82) is 0 Å². The molecule has 6 nitrogen and oxygen atoms in total. The average molecular weight is 356 g/mol. The molecule has 7 heteroatoms. The van der Waals surface area contributed by atoms with Crippen LogP contribution in [0.2, 0.25) is 5.02 Å².